The fraction of sp³-hybridized carbons (Fsp3) is 0.550. The van der Waals surface area contributed by atoms with Crippen LogP contribution < -0.4 is 5.32 Å². The summed E-state index contributed by atoms with van der Waals surface area (Å²) in [5.41, 5.74) is 1.70. The maximum Gasteiger partial charge on any atom is 0.229 e. The van der Waals surface area contributed by atoms with Crippen LogP contribution in [0.4, 0.5) is 5.69 Å². The average Bonchev–Trinajstić information content (AvgIpc) is 3.18. The Bertz CT molecular complexity index is 938. The number of anilines is 1. The number of hydrogen-bond donors (Lipinski definition) is 1. The van der Waals surface area contributed by atoms with Gasteiger partial charge in [0.15, 0.2) is 5.82 Å². The highest BCUT2D eigenvalue weighted by molar-refractivity contribution is 7.89. The second-order valence-corrected chi connectivity index (χ2v) is 9.92. The van der Waals surface area contributed by atoms with Crippen LogP contribution in [0.25, 0.3) is 0 Å². The summed E-state index contributed by atoms with van der Waals surface area (Å²) < 4.78 is 30.8. The molecule has 1 aromatic carbocycles. The first-order valence-electron chi connectivity index (χ1n) is 9.98. The van der Waals surface area contributed by atoms with E-state index in [9.17, 15) is 13.2 Å². The van der Waals surface area contributed by atoms with E-state index >= 15 is 0 Å². The number of aromatic nitrogens is 2. The first kappa shape index (κ1) is 21.4. The molecular formula is C20H28N4O4S. The van der Waals surface area contributed by atoms with E-state index in [-0.39, 0.29) is 30.0 Å². The molecule has 1 aliphatic rings. The van der Waals surface area contributed by atoms with Crippen LogP contribution in [0.1, 0.15) is 56.8 Å². The van der Waals surface area contributed by atoms with Gasteiger partial charge < -0.3 is 9.84 Å². The third-order valence-corrected chi connectivity index (χ3v) is 6.92. The van der Waals surface area contributed by atoms with Gasteiger partial charge in [0.1, 0.15) is 0 Å². The fourth-order valence-corrected chi connectivity index (χ4v) is 4.48. The molecule has 0 aliphatic carbocycles. The molecule has 9 heteroatoms. The van der Waals surface area contributed by atoms with E-state index in [2.05, 4.69) is 15.5 Å². The second kappa shape index (κ2) is 9.04. The lowest BCUT2D eigenvalue weighted by Gasteiger charge is -2.30. The molecule has 0 unspecified atom stereocenters. The number of carbonyl (C=O) groups excluding carboxylic acids is 1. The smallest absolute Gasteiger partial charge is 0.229 e. The monoisotopic (exact) mass is 420 g/mol. The number of sulfonamides is 1. The van der Waals surface area contributed by atoms with E-state index in [1.54, 1.807) is 6.92 Å². The molecular weight excluding hydrogens is 392 g/mol. The molecule has 1 saturated heterocycles. The number of rotatable bonds is 7. The lowest BCUT2D eigenvalue weighted by molar-refractivity contribution is -0.120. The Balaban J connectivity index is 1.58. The third-order valence-electron chi connectivity index (χ3n) is 5.07. The molecule has 158 valence electrons. The molecule has 2 aromatic rings. The quantitative estimate of drug-likeness (QED) is 0.738. The molecule has 0 bridgehead atoms. The zero-order valence-corrected chi connectivity index (χ0v) is 17.9. The largest absolute Gasteiger partial charge is 0.339 e. The van der Waals surface area contributed by atoms with Gasteiger partial charge in [0.05, 0.1) is 11.7 Å². The molecule has 1 aromatic heterocycles. The number of nitrogens with zero attached hydrogens (tertiary/aromatic N) is 3. The van der Waals surface area contributed by atoms with Crippen molar-refractivity contribution in [1.82, 2.24) is 14.4 Å². The predicted octanol–water partition coefficient (Wildman–Crippen LogP) is 2.78. The van der Waals surface area contributed by atoms with Crippen LogP contribution >= 0.6 is 0 Å². The standard InChI is InChI=1S/C20H28N4O4S/c1-4-29(26,27)24-11-5-6-16(13-24)19(25)21-17-9-7-15(8-10-17)12-18-22-20(14(2)3)28-23-18/h7-10,14,16H,4-6,11-13H2,1-3H3,(H,21,25)/t16-/m0/s1. The molecule has 0 radical (unpaired) electrons. The normalized spacial score (nSPS) is 18.1. The molecule has 0 spiro atoms. The van der Waals surface area contributed by atoms with E-state index in [4.69, 9.17) is 4.52 Å². The van der Waals surface area contributed by atoms with Gasteiger partial charge in [-0.25, -0.2) is 12.7 Å². The lowest BCUT2D eigenvalue weighted by atomic mass is 9.98. The zero-order chi connectivity index (χ0) is 21.0. The molecule has 1 N–H and O–H groups in total. The number of hydrogen-bond acceptors (Lipinski definition) is 6. The van der Waals surface area contributed by atoms with Gasteiger partial charge in [-0.05, 0) is 37.5 Å². The van der Waals surface area contributed by atoms with Crippen molar-refractivity contribution in [2.24, 2.45) is 5.92 Å². The average molecular weight is 421 g/mol. The van der Waals surface area contributed by atoms with Crippen molar-refractivity contribution in [2.75, 3.05) is 24.2 Å². The van der Waals surface area contributed by atoms with Crippen molar-refractivity contribution < 1.29 is 17.7 Å². The molecule has 1 aliphatic heterocycles. The Labute approximate surface area is 171 Å². The van der Waals surface area contributed by atoms with Crippen LogP contribution in [0.2, 0.25) is 0 Å². The van der Waals surface area contributed by atoms with Gasteiger partial charge in [-0.3, -0.25) is 4.79 Å². The Morgan fingerprint density at radius 2 is 2.03 bits per heavy atom. The van der Waals surface area contributed by atoms with Crippen LogP contribution in [-0.4, -0.2) is 47.6 Å². The minimum absolute atomic E-state index is 0.0574. The van der Waals surface area contributed by atoms with E-state index in [1.165, 1.54) is 4.31 Å². The molecule has 29 heavy (non-hydrogen) atoms. The first-order chi connectivity index (χ1) is 13.8. The first-order valence-corrected chi connectivity index (χ1v) is 11.6. The Kier molecular flexibility index (Phi) is 6.69. The second-order valence-electron chi connectivity index (χ2n) is 7.66. The van der Waals surface area contributed by atoms with Gasteiger partial charge in [0.2, 0.25) is 21.8 Å². The Morgan fingerprint density at radius 1 is 1.31 bits per heavy atom. The van der Waals surface area contributed by atoms with E-state index < -0.39 is 10.0 Å². The summed E-state index contributed by atoms with van der Waals surface area (Å²) in [4.78, 5) is 17.0. The molecule has 3 rings (SSSR count). The number of piperidine rings is 1. The summed E-state index contributed by atoms with van der Waals surface area (Å²) in [7, 11) is -3.27. The van der Waals surface area contributed by atoms with Crippen molar-refractivity contribution in [3.05, 3.63) is 41.5 Å². The highest BCUT2D eigenvalue weighted by atomic mass is 32.2. The Hall–Kier alpha value is -2.26. The maximum atomic E-state index is 12.6. The van der Waals surface area contributed by atoms with Gasteiger partial charge in [-0.2, -0.15) is 4.98 Å². The highest BCUT2D eigenvalue weighted by Gasteiger charge is 2.31. The van der Waals surface area contributed by atoms with Gasteiger partial charge >= 0.3 is 0 Å². The molecule has 8 nitrogen and oxygen atoms in total. The van der Waals surface area contributed by atoms with E-state index in [0.717, 1.165) is 5.56 Å². The lowest BCUT2D eigenvalue weighted by Crippen LogP contribution is -2.44. The molecule has 1 fully saturated rings. The maximum absolute atomic E-state index is 12.6. The molecule has 1 amide bonds. The van der Waals surface area contributed by atoms with E-state index in [1.807, 2.05) is 38.1 Å². The van der Waals surface area contributed by atoms with Crippen LogP contribution in [-0.2, 0) is 21.2 Å². The van der Waals surface area contributed by atoms with Crippen LogP contribution in [0.3, 0.4) is 0 Å². The van der Waals surface area contributed by atoms with Gasteiger partial charge in [-0.1, -0.05) is 31.1 Å². The van der Waals surface area contributed by atoms with Crippen molar-refractivity contribution in [3.8, 4) is 0 Å². The van der Waals surface area contributed by atoms with Crippen LogP contribution in [0.15, 0.2) is 28.8 Å². The number of amides is 1. The topological polar surface area (TPSA) is 105 Å². The predicted molar refractivity (Wildman–Crippen MR) is 110 cm³/mol. The molecule has 1 atom stereocenters. The SMILES string of the molecule is CCS(=O)(=O)N1CCC[C@H](C(=O)Nc2ccc(Cc3noc(C(C)C)n3)cc2)C1. The number of nitrogens with one attached hydrogen (secondary N) is 1. The van der Waals surface area contributed by atoms with Crippen molar-refractivity contribution in [3.63, 3.8) is 0 Å². The summed E-state index contributed by atoms with van der Waals surface area (Å²) in [6.07, 6.45) is 1.94. The van der Waals surface area contributed by atoms with Gasteiger partial charge in [-0.15, -0.1) is 0 Å². The molecule has 2 heterocycles. The molecule has 0 saturated carbocycles. The zero-order valence-electron chi connectivity index (χ0n) is 17.1. The van der Waals surface area contributed by atoms with Crippen LogP contribution in [0, 0.1) is 5.92 Å². The minimum atomic E-state index is -3.27. The number of carbonyl (C=O) groups is 1. The van der Waals surface area contributed by atoms with Crippen molar-refractivity contribution in [1.29, 1.82) is 0 Å². The highest BCUT2D eigenvalue weighted by Crippen LogP contribution is 2.22. The Morgan fingerprint density at radius 3 is 2.66 bits per heavy atom. The van der Waals surface area contributed by atoms with Crippen molar-refractivity contribution in [2.45, 2.75) is 46.0 Å². The third kappa shape index (κ3) is 5.42. The van der Waals surface area contributed by atoms with Crippen LogP contribution in [0.5, 0.6) is 0 Å². The minimum Gasteiger partial charge on any atom is -0.339 e. The van der Waals surface area contributed by atoms with Gasteiger partial charge in [0, 0.05) is 31.1 Å². The summed E-state index contributed by atoms with van der Waals surface area (Å²) >= 11 is 0. The summed E-state index contributed by atoms with van der Waals surface area (Å²) in [6.45, 7) is 6.36. The van der Waals surface area contributed by atoms with Gasteiger partial charge in [0.25, 0.3) is 0 Å². The summed E-state index contributed by atoms with van der Waals surface area (Å²) in [5, 5.41) is 6.89. The summed E-state index contributed by atoms with van der Waals surface area (Å²) in [6, 6.07) is 7.49. The number of benzene rings is 1. The fourth-order valence-electron chi connectivity index (χ4n) is 3.30. The van der Waals surface area contributed by atoms with E-state index in [0.29, 0.717) is 43.2 Å². The summed E-state index contributed by atoms with van der Waals surface area (Å²) in [5.74, 6) is 1.02. The van der Waals surface area contributed by atoms with Crippen molar-refractivity contribution >= 4 is 21.6 Å².